The zero-order valence-electron chi connectivity index (χ0n) is 12.4. The predicted molar refractivity (Wildman–Crippen MR) is 76.2 cm³/mol. The summed E-state index contributed by atoms with van der Waals surface area (Å²) >= 11 is 0. The topological polar surface area (TPSA) is 96.6 Å². The number of nitrogens with one attached hydrogen (secondary N) is 1. The highest BCUT2D eigenvalue weighted by Gasteiger charge is 2.25. The van der Waals surface area contributed by atoms with Crippen molar-refractivity contribution in [1.29, 1.82) is 0 Å². The fourth-order valence-electron chi connectivity index (χ4n) is 2.12. The minimum atomic E-state index is -1.06. The van der Waals surface area contributed by atoms with E-state index >= 15 is 0 Å². The summed E-state index contributed by atoms with van der Waals surface area (Å²) < 4.78 is 1.58. The van der Waals surface area contributed by atoms with Crippen LogP contribution in [0.5, 0.6) is 0 Å². The first-order valence-electron chi connectivity index (χ1n) is 6.67. The smallest absolute Gasteiger partial charge is 0.326 e. The molecule has 2 N–H and O–H groups in total. The molecule has 0 aliphatic heterocycles. The van der Waals surface area contributed by atoms with Crippen LogP contribution >= 0.6 is 0 Å². The molecule has 0 spiro atoms. The Hall–Kier alpha value is -2.44. The van der Waals surface area contributed by atoms with Crippen molar-refractivity contribution >= 4 is 17.5 Å². The van der Waals surface area contributed by atoms with Gasteiger partial charge in [0.1, 0.15) is 6.04 Å². The van der Waals surface area contributed by atoms with Crippen LogP contribution in [0.2, 0.25) is 0 Å². The Labute approximate surface area is 122 Å². The lowest BCUT2D eigenvalue weighted by atomic mass is 10.0. The molecule has 0 aliphatic rings. The van der Waals surface area contributed by atoms with Crippen molar-refractivity contribution in [1.82, 2.24) is 19.9 Å². The van der Waals surface area contributed by atoms with Gasteiger partial charge in [-0.05, 0) is 19.8 Å². The second-order valence-corrected chi connectivity index (χ2v) is 5.35. The maximum atomic E-state index is 12.3. The molecule has 112 valence electrons. The molecular weight excluding hydrogens is 272 g/mol. The molecule has 0 unspecified atom stereocenters. The molecule has 2 aromatic heterocycles. The van der Waals surface area contributed by atoms with Gasteiger partial charge in [0.15, 0.2) is 5.65 Å². The first-order valence-corrected chi connectivity index (χ1v) is 6.67. The third-order valence-corrected chi connectivity index (χ3v) is 3.31. The van der Waals surface area contributed by atoms with E-state index in [1.807, 2.05) is 13.0 Å². The largest absolute Gasteiger partial charge is 0.480 e. The molecule has 21 heavy (non-hydrogen) atoms. The Kier molecular flexibility index (Phi) is 3.93. The minimum absolute atomic E-state index is 0.213. The Morgan fingerprint density at radius 3 is 2.57 bits per heavy atom. The molecule has 0 saturated heterocycles. The van der Waals surface area contributed by atoms with Gasteiger partial charge >= 0.3 is 5.97 Å². The summed E-state index contributed by atoms with van der Waals surface area (Å²) in [4.78, 5) is 27.6. The van der Waals surface area contributed by atoms with Crippen molar-refractivity contribution in [2.75, 3.05) is 0 Å². The van der Waals surface area contributed by atoms with Gasteiger partial charge in [-0.25, -0.2) is 14.3 Å². The molecule has 2 heterocycles. The van der Waals surface area contributed by atoms with E-state index in [9.17, 15) is 9.59 Å². The van der Waals surface area contributed by atoms with Crippen LogP contribution < -0.4 is 5.32 Å². The van der Waals surface area contributed by atoms with E-state index in [4.69, 9.17) is 5.11 Å². The predicted octanol–water partition coefficient (Wildman–Crippen LogP) is 1.19. The van der Waals surface area contributed by atoms with Gasteiger partial charge in [-0.15, -0.1) is 0 Å². The number of aromatic nitrogens is 3. The minimum Gasteiger partial charge on any atom is -0.480 e. The molecule has 7 heteroatoms. The Morgan fingerprint density at radius 2 is 2.00 bits per heavy atom. The molecule has 0 aromatic carbocycles. The van der Waals surface area contributed by atoms with E-state index in [0.717, 1.165) is 5.69 Å². The van der Waals surface area contributed by atoms with Crippen molar-refractivity contribution in [3.8, 4) is 0 Å². The van der Waals surface area contributed by atoms with Crippen molar-refractivity contribution in [2.45, 2.75) is 33.7 Å². The van der Waals surface area contributed by atoms with Gasteiger partial charge in [-0.3, -0.25) is 4.79 Å². The number of nitrogens with zero attached hydrogens (tertiary/aromatic N) is 3. The van der Waals surface area contributed by atoms with Crippen molar-refractivity contribution < 1.29 is 14.7 Å². The van der Waals surface area contributed by atoms with E-state index < -0.39 is 17.9 Å². The number of hydrogen-bond donors (Lipinski definition) is 2. The molecule has 1 amide bonds. The number of carbonyl (C=O) groups is 2. The highest BCUT2D eigenvalue weighted by Crippen LogP contribution is 2.12. The van der Waals surface area contributed by atoms with Crippen LogP contribution in [0.15, 0.2) is 12.3 Å². The summed E-state index contributed by atoms with van der Waals surface area (Å²) in [5, 5.41) is 15.9. The Balaban J connectivity index is 2.35. The lowest BCUT2D eigenvalue weighted by Crippen LogP contribution is -2.44. The van der Waals surface area contributed by atoms with Crippen LogP contribution in [-0.2, 0) is 4.79 Å². The molecule has 0 bridgehead atoms. The summed E-state index contributed by atoms with van der Waals surface area (Å²) in [5.74, 6) is -1.73. The average molecular weight is 290 g/mol. The van der Waals surface area contributed by atoms with Crippen molar-refractivity contribution in [3.63, 3.8) is 0 Å². The highest BCUT2D eigenvalue weighted by molar-refractivity contribution is 5.97. The summed E-state index contributed by atoms with van der Waals surface area (Å²) in [5.41, 5.74) is 2.39. The number of fused-ring (bicyclic) bond motifs is 1. The Morgan fingerprint density at radius 1 is 1.33 bits per heavy atom. The summed E-state index contributed by atoms with van der Waals surface area (Å²) in [7, 11) is 0. The molecule has 2 aromatic rings. The van der Waals surface area contributed by atoms with Crippen LogP contribution in [0, 0.1) is 19.8 Å². The van der Waals surface area contributed by atoms with Gasteiger partial charge < -0.3 is 10.4 Å². The van der Waals surface area contributed by atoms with Gasteiger partial charge in [0.2, 0.25) is 0 Å². The fraction of sp³-hybridized carbons (Fsp3) is 0.429. The molecule has 1 atom stereocenters. The van der Waals surface area contributed by atoms with Crippen molar-refractivity contribution in [2.24, 2.45) is 5.92 Å². The maximum Gasteiger partial charge on any atom is 0.326 e. The molecule has 7 nitrogen and oxygen atoms in total. The van der Waals surface area contributed by atoms with Gasteiger partial charge in [0.25, 0.3) is 5.91 Å². The first-order chi connectivity index (χ1) is 9.81. The second-order valence-electron chi connectivity index (χ2n) is 5.35. The number of carboxylic acid groups (broad SMARTS) is 1. The van der Waals surface area contributed by atoms with E-state index in [1.165, 1.54) is 6.20 Å². The number of carbonyl (C=O) groups excluding carboxylic acids is 1. The molecule has 0 saturated carbocycles. The number of aryl methyl sites for hydroxylation is 2. The molecule has 0 aliphatic carbocycles. The molecular formula is C14H18N4O3. The summed E-state index contributed by atoms with van der Waals surface area (Å²) in [6, 6.07) is 0.870. The number of aliphatic carboxylic acids is 1. The third-order valence-electron chi connectivity index (χ3n) is 3.31. The van der Waals surface area contributed by atoms with E-state index in [-0.39, 0.29) is 5.92 Å². The normalized spacial score (nSPS) is 12.6. The number of carboxylic acids is 1. The Bertz CT molecular complexity index is 706. The molecule has 2 rings (SSSR count). The van der Waals surface area contributed by atoms with Crippen LogP contribution in [0.4, 0.5) is 0 Å². The van der Waals surface area contributed by atoms with E-state index in [0.29, 0.717) is 16.9 Å². The summed E-state index contributed by atoms with van der Waals surface area (Å²) in [6.07, 6.45) is 1.44. The number of rotatable bonds is 4. The van der Waals surface area contributed by atoms with E-state index in [2.05, 4.69) is 15.4 Å². The quantitative estimate of drug-likeness (QED) is 0.881. The van der Waals surface area contributed by atoms with Crippen LogP contribution in [0.3, 0.4) is 0 Å². The second kappa shape index (κ2) is 5.51. The van der Waals surface area contributed by atoms with Crippen LogP contribution in [0.1, 0.15) is 35.6 Å². The maximum absolute atomic E-state index is 12.3. The lowest BCUT2D eigenvalue weighted by molar-refractivity contribution is -0.140. The standard InChI is InChI=1S/C14H18N4O3/c1-7(2)12(14(20)21)16-13(19)10-6-15-11-5-8(3)17-18(11)9(10)4/h5-7,12H,1-4H3,(H,16,19)(H,20,21)/t12-/m0/s1. The van der Waals surface area contributed by atoms with Crippen LogP contribution in [0.25, 0.3) is 5.65 Å². The van der Waals surface area contributed by atoms with Gasteiger partial charge in [-0.2, -0.15) is 5.10 Å². The van der Waals surface area contributed by atoms with Gasteiger partial charge in [0.05, 0.1) is 17.0 Å². The third kappa shape index (κ3) is 2.86. The van der Waals surface area contributed by atoms with E-state index in [1.54, 1.807) is 25.3 Å². The monoisotopic (exact) mass is 290 g/mol. The van der Waals surface area contributed by atoms with Crippen LogP contribution in [-0.4, -0.2) is 37.6 Å². The highest BCUT2D eigenvalue weighted by atomic mass is 16.4. The number of amides is 1. The zero-order valence-corrected chi connectivity index (χ0v) is 12.4. The van der Waals surface area contributed by atoms with Gasteiger partial charge in [-0.1, -0.05) is 13.8 Å². The SMILES string of the molecule is Cc1cc2ncc(C(=O)N[C@H](C(=O)O)C(C)C)c(C)n2n1. The zero-order chi connectivity index (χ0) is 15.7. The molecule has 0 radical (unpaired) electrons. The van der Waals surface area contributed by atoms with Crippen molar-refractivity contribution in [3.05, 3.63) is 29.2 Å². The lowest BCUT2D eigenvalue weighted by Gasteiger charge is -2.18. The average Bonchev–Trinajstić information content (AvgIpc) is 2.77. The number of hydrogen-bond acceptors (Lipinski definition) is 4. The first kappa shape index (κ1) is 15.0. The van der Waals surface area contributed by atoms with Gasteiger partial charge in [0, 0.05) is 12.3 Å². The molecule has 0 fully saturated rings. The summed E-state index contributed by atoms with van der Waals surface area (Å²) in [6.45, 7) is 7.07. The fourth-order valence-corrected chi connectivity index (χ4v) is 2.12.